The molecular formula is C41H36ClN5O6. The first-order valence-electron chi connectivity index (χ1n) is 18.0. The Balaban J connectivity index is 1.28. The fourth-order valence-electron chi connectivity index (χ4n) is 8.71. The highest BCUT2D eigenvalue weighted by Gasteiger charge is 2.62. The number of oxazole rings is 2. The minimum atomic E-state index is -1.29. The summed E-state index contributed by atoms with van der Waals surface area (Å²) in [5.74, 6) is 0.349. The van der Waals surface area contributed by atoms with Crippen molar-refractivity contribution in [1.82, 2.24) is 20.6 Å². The number of aliphatic hydroxyl groups excluding tert-OH is 1. The Hall–Kier alpha value is -5.39. The number of fused-ring (bicyclic) bond motifs is 7. The Morgan fingerprint density at radius 3 is 2.64 bits per heavy atom. The van der Waals surface area contributed by atoms with Crippen LogP contribution in [0.15, 0.2) is 69.5 Å². The number of carbonyl (C=O) groups is 2. The first kappa shape index (κ1) is 32.3. The smallest absolute Gasteiger partial charge is 0.250 e. The average Bonchev–Trinajstić information content (AvgIpc) is 3.95. The molecule has 5 aromatic rings. The van der Waals surface area contributed by atoms with Crippen molar-refractivity contribution in [1.29, 1.82) is 0 Å². The molecule has 2 aromatic heterocycles. The van der Waals surface area contributed by atoms with Crippen LogP contribution in [0, 0.1) is 11.8 Å². The minimum Gasteiger partial charge on any atom is -0.469 e. The zero-order chi connectivity index (χ0) is 36.5. The molecule has 1 aliphatic carbocycles. The van der Waals surface area contributed by atoms with Crippen molar-refractivity contribution in [3.05, 3.63) is 111 Å². The number of carbonyl (C=O) groups excluding carboxylic acids is 2. The monoisotopic (exact) mass is 729 g/mol. The lowest BCUT2D eigenvalue weighted by molar-refractivity contribution is -0.135. The Morgan fingerprint density at radius 2 is 1.83 bits per heavy atom. The second kappa shape index (κ2) is 11.3. The second-order valence-electron chi connectivity index (χ2n) is 15.2. The SMILES string of the molecule is CC(C)[C@H](O)C(=O)NC1Cc2ccc3c(c2)C24c5cccc(c5N[C@H]2O3)-c2cccc3c2C(=CC3)c2oc(nc2Cl)-c2nc(oc24)[C@H](C(C)C)NC1=O. The lowest BCUT2D eigenvalue weighted by Gasteiger charge is -2.29. The van der Waals surface area contributed by atoms with E-state index in [1.54, 1.807) is 13.8 Å². The third kappa shape index (κ3) is 4.44. The molecule has 0 radical (unpaired) electrons. The maximum Gasteiger partial charge on any atom is 0.250 e. The van der Waals surface area contributed by atoms with Crippen molar-refractivity contribution >= 4 is 34.7 Å². The van der Waals surface area contributed by atoms with Gasteiger partial charge in [-0.3, -0.25) is 9.59 Å². The highest BCUT2D eigenvalue weighted by molar-refractivity contribution is 6.31. The number of hydrogen-bond donors (Lipinski definition) is 4. The maximum atomic E-state index is 14.2. The molecule has 6 heterocycles. The topological polar surface area (TPSA) is 152 Å². The van der Waals surface area contributed by atoms with Gasteiger partial charge in [0.1, 0.15) is 29.4 Å². The standard InChI is InChI=1S/C41H36ClN5O6/c1-17(2)29-38-45-31-34(53-38)41-24-10-6-9-22(21-8-5-7-20-12-13-23(28(20)21)33-35(42)47-39(31)52-33)30(24)46-40(41)51-27-14-11-19(15-25(27)41)16-26(36(49)44-29)43-37(50)32(48)18(3)4/h5-11,13-15,17-18,26,29,32,40,46,48H,12,16H2,1-4H3,(H,43,50)(H,44,49)/t26?,29-,32-,40-,41?/m0/s1. The first-order valence-corrected chi connectivity index (χ1v) is 18.4. The molecule has 12 heteroatoms. The summed E-state index contributed by atoms with van der Waals surface area (Å²) in [6.45, 7) is 7.41. The van der Waals surface area contributed by atoms with Crippen molar-refractivity contribution in [2.45, 2.75) is 70.4 Å². The van der Waals surface area contributed by atoms with Gasteiger partial charge < -0.3 is 34.6 Å². The summed E-state index contributed by atoms with van der Waals surface area (Å²) in [5, 5.41) is 20.5. The predicted octanol–water partition coefficient (Wildman–Crippen LogP) is 6.30. The molecule has 11 nitrogen and oxygen atoms in total. The quantitative estimate of drug-likeness (QED) is 0.167. The molecule has 10 bridgehead atoms. The molecule has 1 spiro atoms. The summed E-state index contributed by atoms with van der Waals surface area (Å²) in [5.41, 5.74) is 7.71. The van der Waals surface area contributed by atoms with Gasteiger partial charge >= 0.3 is 0 Å². The lowest BCUT2D eigenvalue weighted by atomic mass is 9.72. The van der Waals surface area contributed by atoms with E-state index < -0.39 is 41.6 Å². The van der Waals surface area contributed by atoms with Gasteiger partial charge in [-0.15, -0.1) is 0 Å². The van der Waals surface area contributed by atoms with Gasteiger partial charge in [-0.1, -0.05) is 93.9 Å². The van der Waals surface area contributed by atoms with Crippen LogP contribution < -0.4 is 20.7 Å². The number of ether oxygens (including phenoxy) is 1. The van der Waals surface area contributed by atoms with Gasteiger partial charge in [0.05, 0.1) is 0 Å². The Bertz CT molecular complexity index is 2450. The van der Waals surface area contributed by atoms with Gasteiger partial charge in [0.25, 0.3) is 5.89 Å². The molecule has 3 aromatic carbocycles. The van der Waals surface area contributed by atoms with Crippen LogP contribution in [0.4, 0.5) is 5.69 Å². The Labute approximate surface area is 309 Å². The zero-order valence-corrected chi connectivity index (χ0v) is 30.2. The van der Waals surface area contributed by atoms with E-state index in [2.05, 4.69) is 58.4 Å². The van der Waals surface area contributed by atoms with Crippen molar-refractivity contribution in [3.8, 4) is 28.5 Å². The summed E-state index contributed by atoms with van der Waals surface area (Å²) < 4.78 is 20.4. The molecule has 0 saturated heterocycles. The van der Waals surface area contributed by atoms with E-state index in [1.807, 2.05) is 32.0 Å². The Morgan fingerprint density at radius 1 is 1.02 bits per heavy atom. The molecule has 5 aliphatic rings. The van der Waals surface area contributed by atoms with Crippen LogP contribution in [0.5, 0.6) is 5.75 Å². The van der Waals surface area contributed by atoms with Gasteiger partial charge in [0.2, 0.25) is 17.7 Å². The number of aromatic nitrogens is 2. The molecule has 10 rings (SSSR count). The third-order valence-electron chi connectivity index (χ3n) is 11.3. The fraction of sp³-hybridized carbons (Fsp3) is 0.317. The van der Waals surface area contributed by atoms with Crippen LogP contribution in [-0.2, 0) is 27.8 Å². The highest BCUT2D eigenvalue weighted by atomic mass is 35.5. The average molecular weight is 730 g/mol. The van der Waals surface area contributed by atoms with E-state index in [1.165, 1.54) is 0 Å². The Kier molecular flexibility index (Phi) is 6.88. The maximum absolute atomic E-state index is 14.2. The summed E-state index contributed by atoms with van der Waals surface area (Å²) in [6.07, 6.45) is 1.05. The number of para-hydroxylation sites is 1. The summed E-state index contributed by atoms with van der Waals surface area (Å²) in [7, 11) is 0. The van der Waals surface area contributed by atoms with Crippen LogP contribution in [0.3, 0.4) is 0 Å². The molecule has 53 heavy (non-hydrogen) atoms. The molecule has 4 N–H and O–H groups in total. The van der Waals surface area contributed by atoms with Crippen molar-refractivity contribution in [2.24, 2.45) is 11.8 Å². The molecule has 0 saturated carbocycles. The zero-order valence-electron chi connectivity index (χ0n) is 29.4. The predicted molar refractivity (Wildman–Crippen MR) is 196 cm³/mol. The third-order valence-corrected chi connectivity index (χ3v) is 11.6. The number of amides is 2. The van der Waals surface area contributed by atoms with Gasteiger partial charge in [0, 0.05) is 34.4 Å². The van der Waals surface area contributed by atoms with E-state index in [0.717, 1.165) is 50.2 Å². The number of aliphatic hydroxyl groups is 1. The van der Waals surface area contributed by atoms with E-state index >= 15 is 0 Å². The van der Waals surface area contributed by atoms with Crippen LogP contribution in [-0.4, -0.2) is 45.3 Å². The minimum absolute atomic E-state index is 0.158. The van der Waals surface area contributed by atoms with Crippen molar-refractivity contribution < 1.29 is 28.3 Å². The van der Waals surface area contributed by atoms with Crippen LogP contribution in [0.25, 0.3) is 28.3 Å². The van der Waals surface area contributed by atoms with E-state index in [9.17, 15) is 14.7 Å². The number of rotatable bonds is 4. The van der Waals surface area contributed by atoms with E-state index in [0.29, 0.717) is 29.4 Å². The first-order chi connectivity index (χ1) is 25.5. The summed E-state index contributed by atoms with van der Waals surface area (Å²) in [4.78, 5) is 37.3. The van der Waals surface area contributed by atoms with Crippen LogP contribution in [0.1, 0.15) is 79.0 Å². The van der Waals surface area contributed by atoms with E-state index in [4.69, 9.17) is 35.1 Å². The second-order valence-corrected chi connectivity index (χ2v) is 15.6. The van der Waals surface area contributed by atoms with Gasteiger partial charge in [-0.05, 0) is 46.6 Å². The number of halogens is 1. The molecule has 2 amide bonds. The molecule has 5 atom stereocenters. The lowest BCUT2D eigenvalue weighted by Crippen LogP contribution is -2.52. The summed E-state index contributed by atoms with van der Waals surface area (Å²) >= 11 is 6.96. The molecular weight excluding hydrogens is 694 g/mol. The molecule has 4 aliphatic heterocycles. The number of nitrogens with one attached hydrogen (secondary N) is 3. The molecule has 268 valence electrons. The number of nitrogens with zero attached hydrogens (tertiary/aromatic N) is 2. The van der Waals surface area contributed by atoms with Crippen molar-refractivity contribution in [2.75, 3.05) is 5.32 Å². The largest absolute Gasteiger partial charge is 0.469 e. The van der Waals surface area contributed by atoms with Gasteiger partial charge in [-0.25, -0.2) is 4.98 Å². The normalized spacial score (nSPS) is 23.2. The highest BCUT2D eigenvalue weighted by Crippen LogP contribution is 2.61. The summed E-state index contributed by atoms with van der Waals surface area (Å²) in [6, 6.07) is 16.6. The number of hydrogen-bond acceptors (Lipinski definition) is 9. The number of anilines is 1. The van der Waals surface area contributed by atoms with Crippen molar-refractivity contribution in [3.63, 3.8) is 0 Å². The van der Waals surface area contributed by atoms with Gasteiger partial charge in [0.15, 0.2) is 28.6 Å². The van der Waals surface area contributed by atoms with Crippen LogP contribution >= 0.6 is 11.6 Å². The number of allylic oxidation sites excluding steroid dienone is 1. The fourth-order valence-corrected chi connectivity index (χ4v) is 8.92. The molecule has 0 fully saturated rings. The molecule has 2 unspecified atom stereocenters. The van der Waals surface area contributed by atoms with Gasteiger partial charge in [-0.2, -0.15) is 4.98 Å². The number of benzene rings is 3. The van der Waals surface area contributed by atoms with Crippen LogP contribution in [0.2, 0.25) is 5.15 Å². The van der Waals surface area contributed by atoms with E-state index in [-0.39, 0.29) is 35.2 Å².